The molecule has 8 nitrogen and oxygen atoms in total. The lowest BCUT2D eigenvalue weighted by Gasteiger charge is -2.25. The van der Waals surface area contributed by atoms with Gasteiger partial charge in [-0.3, -0.25) is 4.79 Å². The highest BCUT2D eigenvalue weighted by atomic mass is 32.2. The largest absolute Gasteiger partial charge is 0.339 e. The number of likely N-dealkylation sites (tertiary alicyclic amines) is 1. The Morgan fingerprint density at radius 3 is 2.92 bits per heavy atom. The van der Waals surface area contributed by atoms with Crippen LogP contribution in [0.3, 0.4) is 0 Å². The second-order valence-electron chi connectivity index (χ2n) is 7.13. The van der Waals surface area contributed by atoms with Crippen LogP contribution in [0.25, 0.3) is 0 Å². The van der Waals surface area contributed by atoms with Crippen molar-refractivity contribution in [2.24, 2.45) is 5.92 Å². The quantitative estimate of drug-likeness (QED) is 0.775. The average molecular weight is 382 g/mol. The molecular formula is C17H27N5O3S. The van der Waals surface area contributed by atoms with Crippen LogP contribution in [0.5, 0.6) is 0 Å². The molecule has 1 aliphatic heterocycles. The maximum absolute atomic E-state index is 12.3. The third kappa shape index (κ3) is 4.69. The standard InChI is InChI=1S/C17H27N5O3S/c1-21(17(24)18-8-15-19-14(11-26-2)20-25-15)9-12-7-16(23)22(10-12)13-5-3-4-6-13/h12-13H,3-11H2,1-2H3,(H,18,24). The Kier molecular flexibility index (Phi) is 6.39. The zero-order valence-electron chi connectivity index (χ0n) is 15.4. The number of rotatable bonds is 7. The van der Waals surface area contributed by atoms with E-state index in [0.717, 1.165) is 19.4 Å². The van der Waals surface area contributed by atoms with Crippen molar-refractivity contribution < 1.29 is 14.1 Å². The summed E-state index contributed by atoms with van der Waals surface area (Å²) in [5.41, 5.74) is 0. The minimum atomic E-state index is -0.193. The van der Waals surface area contributed by atoms with Crippen molar-refractivity contribution in [3.8, 4) is 0 Å². The number of thioether (sulfide) groups is 1. The van der Waals surface area contributed by atoms with Gasteiger partial charge < -0.3 is 19.6 Å². The fourth-order valence-electron chi connectivity index (χ4n) is 3.81. The van der Waals surface area contributed by atoms with Crippen LogP contribution in [-0.4, -0.2) is 64.3 Å². The Balaban J connectivity index is 1.43. The highest BCUT2D eigenvalue weighted by Gasteiger charge is 2.36. The van der Waals surface area contributed by atoms with E-state index in [9.17, 15) is 9.59 Å². The molecule has 0 aromatic carbocycles. The summed E-state index contributed by atoms with van der Waals surface area (Å²) in [6, 6.07) is 0.223. The molecule has 0 radical (unpaired) electrons. The van der Waals surface area contributed by atoms with Gasteiger partial charge in [-0.2, -0.15) is 16.7 Å². The fraction of sp³-hybridized carbons (Fsp3) is 0.765. The molecule has 144 valence electrons. The molecule has 26 heavy (non-hydrogen) atoms. The molecule has 0 bridgehead atoms. The Bertz CT molecular complexity index is 632. The lowest BCUT2D eigenvalue weighted by atomic mass is 10.1. The lowest BCUT2D eigenvalue weighted by Crippen LogP contribution is -2.40. The van der Waals surface area contributed by atoms with Gasteiger partial charge in [0, 0.05) is 38.5 Å². The van der Waals surface area contributed by atoms with Gasteiger partial charge in [0.05, 0.1) is 12.3 Å². The van der Waals surface area contributed by atoms with Gasteiger partial charge in [0.15, 0.2) is 5.82 Å². The molecule has 2 heterocycles. The molecule has 3 amide bonds. The lowest BCUT2D eigenvalue weighted by molar-refractivity contribution is -0.129. The Labute approximate surface area is 158 Å². The van der Waals surface area contributed by atoms with Gasteiger partial charge >= 0.3 is 6.03 Å². The van der Waals surface area contributed by atoms with Gasteiger partial charge in [0.1, 0.15) is 0 Å². The van der Waals surface area contributed by atoms with Crippen LogP contribution in [0.2, 0.25) is 0 Å². The predicted octanol–water partition coefficient (Wildman–Crippen LogP) is 1.87. The third-order valence-electron chi connectivity index (χ3n) is 5.06. The zero-order valence-corrected chi connectivity index (χ0v) is 16.3. The van der Waals surface area contributed by atoms with Gasteiger partial charge in [0.25, 0.3) is 0 Å². The molecule has 1 aliphatic carbocycles. The van der Waals surface area contributed by atoms with Crippen LogP contribution in [-0.2, 0) is 17.1 Å². The van der Waals surface area contributed by atoms with E-state index in [0.29, 0.717) is 36.5 Å². The maximum Gasteiger partial charge on any atom is 0.317 e. The molecule has 0 spiro atoms. The number of nitrogens with zero attached hydrogens (tertiary/aromatic N) is 4. The van der Waals surface area contributed by atoms with Crippen molar-refractivity contribution in [1.82, 2.24) is 25.3 Å². The minimum absolute atomic E-state index is 0.193. The Morgan fingerprint density at radius 1 is 1.42 bits per heavy atom. The molecule has 2 fully saturated rings. The van der Waals surface area contributed by atoms with Gasteiger partial charge in [-0.05, 0) is 19.1 Å². The predicted molar refractivity (Wildman–Crippen MR) is 98.5 cm³/mol. The molecule has 1 saturated heterocycles. The molecule has 1 atom stereocenters. The molecule has 1 N–H and O–H groups in total. The smallest absolute Gasteiger partial charge is 0.317 e. The molecule has 1 aromatic rings. The second-order valence-corrected chi connectivity index (χ2v) is 8.00. The first-order chi connectivity index (χ1) is 12.6. The van der Waals surface area contributed by atoms with E-state index in [-0.39, 0.29) is 24.4 Å². The van der Waals surface area contributed by atoms with Crippen molar-refractivity contribution in [2.75, 3.05) is 26.4 Å². The number of nitrogens with one attached hydrogen (secondary N) is 1. The molecule has 9 heteroatoms. The van der Waals surface area contributed by atoms with E-state index < -0.39 is 0 Å². The van der Waals surface area contributed by atoms with Crippen molar-refractivity contribution in [3.05, 3.63) is 11.7 Å². The Morgan fingerprint density at radius 2 is 2.19 bits per heavy atom. The van der Waals surface area contributed by atoms with Gasteiger partial charge in [-0.15, -0.1) is 0 Å². The molecule has 1 saturated carbocycles. The zero-order chi connectivity index (χ0) is 18.5. The number of hydrogen-bond acceptors (Lipinski definition) is 6. The number of hydrogen-bond donors (Lipinski definition) is 1. The molecule has 1 aromatic heterocycles. The third-order valence-corrected chi connectivity index (χ3v) is 5.60. The first-order valence-electron chi connectivity index (χ1n) is 9.15. The average Bonchev–Trinajstić information content (AvgIpc) is 3.34. The van der Waals surface area contributed by atoms with Gasteiger partial charge in [0.2, 0.25) is 11.8 Å². The molecule has 2 aliphatic rings. The van der Waals surface area contributed by atoms with Crippen LogP contribution in [0.4, 0.5) is 4.79 Å². The Hall–Kier alpha value is -1.77. The number of carbonyl (C=O) groups excluding carboxylic acids is 2. The van der Waals surface area contributed by atoms with Crippen LogP contribution in [0.15, 0.2) is 4.52 Å². The van der Waals surface area contributed by atoms with E-state index >= 15 is 0 Å². The van der Waals surface area contributed by atoms with E-state index in [4.69, 9.17) is 4.52 Å². The highest BCUT2D eigenvalue weighted by molar-refractivity contribution is 7.97. The monoisotopic (exact) mass is 381 g/mol. The van der Waals surface area contributed by atoms with E-state index in [1.807, 2.05) is 11.2 Å². The first-order valence-corrected chi connectivity index (χ1v) is 10.5. The molecule has 3 rings (SSSR count). The van der Waals surface area contributed by atoms with Crippen LogP contribution in [0.1, 0.15) is 43.8 Å². The van der Waals surface area contributed by atoms with Crippen molar-refractivity contribution in [3.63, 3.8) is 0 Å². The summed E-state index contributed by atoms with van der Waals surface area (Å²) in [6.07, 6.45) is 7.19. The summed E-state index contributed by atoms with van der Waals surface area (Å²) in [5, 5.41) is 6.64. The van der Waals surface area contributed by atoms with Gasteiger partial charge in [-0.1, -0.05) is 18.0 Å². The normalized spacial score (nSPS) is 20.8. The summed E-state index contributed by atoms with van der Waals surface area (Å²) in [4.78, 5) is 32.4. The SMILES string of the molecule is CSCc1noc(CNC(=O)N(C)CC2CC(=O)N(C3CCCC3)C2)n1. The van der Waals surface area contributed by atoms with E-state index in [1.54, 1.807) is 23.7 Å². The summed E-state index contributed by atoms with van der Waals surface area (Å²) < 4.78 is 5.11. The van der Waals surface area contributed by atoms with Crippen LogP contribution < -0.4 is 5.32 Å². The topological polar surface area (TPSA) is 91.6 Å². The number of aromatic nitrogens is 2. The van der Waals surface area contributed by atoms with Crippen molar-refractivity contribution in [2.45, 2.75) is 50.4 Å². The van der Waals surface area contributed by atoms with Crippen molar-refractivity contribution >= 4 is 23.7 Å². The number of carbonyl (C=O) groups is 2. The fourth-order valence-corrected chi connectivity index (χ4v) is 4.18. The van der Waals surface area contributed by atoms with E-state index in [2.05, 4.69) is 15.5 Å². The second kappa shape index (κ2) is 8.75. The minimum Gasteiger partial charge on any atom is -0.339 e. The van der Waals surface area contributed by atoms with Crippen LogP contribution >= 0.6 is 11.8 Å². The van der Waals surface area contributed by atoms with E-state index in [1.165, 1.54) is 12.8 Å². The highest BCUT2D eigenvalue weighted by Crippen LogP contribution is 2.29. The summed E-state index contributed by atoms with van der Waals surface area (Å²) in [6.45, 7) is 1.55. The molecular weight excluding hydrogens is 354 g/mol. The first kappa shape index (κ1) is 19.0. The van der Waals surface area contributed by atoms with Crippen molar-refractivity contribution in [1.29, 1.82) is 0 Å². The number of urea groups is 1. The number of amides is 3. The molecule has 1 unspecified atom stereocenters. The summed E-state index contributed by atoms with van der Waals surface area (Å²) in [7, 11) is 1.75. The summed E-state index contributed by atoms with van der Waals surface area (Å²) in [5.74, 6) is 2.16. The maximum atomic E-state index is 12.3. The van der Waals surface area contributed by atoms with Gasteiger partial charge in [-0.25, -0.2) is 4.79 Å². The summed E-state index contributed by atoms with van der Waals surface area (Å²) >= 11 is 1.61. The van der Waals surface area contributed by atoms with Crippen LogP contribution in [0, 0.1) is 5.92 Å².